The third-order valence-corrected chi connectivity index (χ3v) is 6.15. The number of benzene rings is 3. The molecule has 3 aromatic carbocycles. The molecule has 5 nitrogen and oxygen atoms in total. The van der Waals surface area contributed by atoms with Crippen molar-refractivity contribution in [3.8, 4) is 5.75 Å². The van der Waals surface area contributed by atoms with Crippen LogP contribution in [0.4, 0.5) is 5.69 Å². The van der Waals surface area contributed by atoms with Crippen LogP contribution in [-0.2, 0) is 4.79 Å². The van der Waals surface area contributed by atoms with Gasteiger partial charge in [0.1, 0.15) is 11.4 Å². The smallest absolute Gasteiger partial charge is 0.258 e. The Morgan fingerprint density at radius 1 is 1.10 bits per heavy atom. The van der Waals surface area contributed by atoms with Crippen LogP contribution < -0.4 is 15.0 Å². The number of carbonyl (C=O) groups excluding carboxylic acids is 2. The minimum absolute atomic E-state index is 0.000119. The molecule has 3 aromatic rings. The number of anilines is 1. The number of carbonyl (C=O) groups is 2. The lowest BCUT2D eigenvalue weighted by atomic mass is 9.89. The molecule has 0 aromatic heterocycles. The Morgan fingerprint density at radius 3 is 2.71 bits per heavy atom. The Labute approximate surface area is 182 Å². The Bertz CT molecular complexity index is 1180. The fourth-order valence-corrected chi connectivity index (χ4v) is 4.80. The highest BCUT2D eigenvalue weighted by Crippen LogP contribution is 2.39. The van der Waals surface area contributed by atoms with E-state index < -0.39 is 0 Å². The van der Waals surface area contributed by atoms with Crippen LogP contribution in [0, 0.1) is 0 Å². The number of amides is 2. The zero-order chi connectivity index (χ0) is 21.6. The van der Waals surface area contributed by atoms with Gasteiger partial charge in [-0.3, -0.25) is 9.59 Å². The molecule has 0 saturated heterocycles. The van der Waals surface area contributed by atoms with Crippen molar-refractivity contribution in [3.05, 3.63) is 71.8 Å². The van der Waals surface area contributed by atoms with Crippen molar-refractivity contribution in [1.82, 2.24) is 5.32 Å². The van der Waals surface area contributed by atoms with E-state index in [1.54, 1.807) is 4.90 Å². The van der Waals surface area contributed by atoms with Crippen LogP contribution in [0.15, 0.2) is 60.7 Å². The number of nitrogens with zero attached hydrogens (tertiary/aromatic N) is 1. The topological polar surface area (TPSA) is 58.6 Å². The lowest BCUT2D eigenvalue weighted by Crippen LogP contribution is -2.41. The predicted octanol–water partition coefficient (Wildman–Crippen LogP) is 5.00. The molecule has 0 spiro atoms. The lowest BCUT2D eigenvalue weighted by molar-refractivity contribution is -0.122. The van der Waals surface area contributed by atoms with Crippen molar-refractivity contribution >= 4 is 28.3 Å². The molecule has 2 amide bonds. The Balaban J connectivity index is 1.24. The lowest BCUT2D eigenvalue weighted by Gasteiger charge is -2.37. The van der Waals surface area contributed by atoms with Gasteiger partial charge >= 0.3 is 0 Å². The maximum atomic E-state index is 12.9. The van der Waals surface area contributed by atoms with E-state index in [2.05, 4.69) is 5.32 Å². The summed E-state index contributed by atoms with van der Waals surface area (Å²) >= 11 is 0. The van der Waals surface area contributed by atoms with Crippen molar-refractivity contribution in [2.45, 2.75) is 44.8 Å². The number of fused-ring (bicyclic) bond motifs is 1. The summed E-state index contributed by atoms with van der Waals surface area (Å²) in [4.78, 5) is 27.4. The number of hydrogen-bond donors (Lipinski definition) is 1. The maximum Gasteiger partial charge on any atom is 0.258 e. The van der Waals surface area contributed by atoms with Crippen molar-refractivity contribution in [1.29, 1.82) is 0 Å². The van der Waals surface area contributed by atoms with E-state index >= 15 is 0 Å². The molecule has 2 aliphatic heterocycles. The van der Waals surface area contributed by atoms with Gasteiger partial charge in [-0.05, 0) is 43.9 Å². The summed E-state index contributed by atoms with van der Waals surface area (Å²) in [5, 5.41) is 5.27. The zero-order valence-corrected chi connectivity index (χ0v) is 17.9. The first kappa shape index (κ1) is 19.6. The summed E-state index contributed by atoms with van der Waals surface area (Å²) in [6, 6.07) is 19.6. The number of nitrogens with one attached hydrogen (secondary N) is 1. The Kier molecular flexibility index (Phi) is 4.69. The van der Waals surface area contributed by atoms with Gasteiger partial charge in [-0.1, -0.05) is 42.5 Å². The van der Waals surface area contributed by atoms with E-state index in [0.717, 1.165) is 39.8 Å². The first-order valence-corrected chi connectivity index (χ1v) is 10.8. The second kappa shape index (κ2) is 7.41. The molecule has 0 unspecified atom stereocenters. The molecule has 5 rings (SSSR count). The average Bonchev–Trinajstić information content (AvgIpc) is 3.01. The van der Waals surface area contributed by atoms with Crippen LogP contribution >= 0.6 is 0 Å². The second-order valence-electron chi connectivity index (χ2n) is 8.96. The maximum absolute atomic E-state index is 12.9. The molecule has 2 aliphatic rings. The molecular formula is C26H26N2O3. The minimum atomic E-state index is -0.335. The van der Waals surface area contributed by atoms with E-state index in [1.807, 2.05) is 74.5 Å². The molecule has 0 fully saturated rings. The summed E-state index contributed by atoms with van der Waals surface area (Å²) in [6.45, 7) is 4.61. The fraction of sp³-hybridized carbons (Fsp3) is 0.308. The molecule has 5 heteroatoms. The van der Waals surface area contributed by atoms with Crippen LogP contribution in [0.25, 0.3) is 10.8 Å². The van der Waals surface area contributed by atoms with Crippen LogP contribution in [0.5, 0.6) is 5.75 Å². The first-order chi connectivity index (χ1) is 14.9. The highest BCUT2D eigenvalue weighted by atomic mass is 16.5. The Morgan fingerprint density at radius 2 is 1.87 bits per heavy atom. The predicted molar refractivity (Wildman–Crippen MR) is 122 cm³/mol. The molecule has 2 heterocycles. The van der Waals surface area contributed by atoms with Crippen LogP contribution in [-0.4, -0.2) is 24.0 Å². The fourth-order valence-electron chi connectivity index (χ4n) is 4.80. The highest BCUT2D eigenvalue weighted by molar-refractivity contribution is 6.25. The van der Waals surface area contributed by atoms with Gasteiger partial charge in [-0.15, -0.1) is 0 Å². The van der Waals surface area contributed by atoms with Gasteiger partial charge in [0, 0.05) is 35.9 Å². The Hall–Kier alpha value is -3.34. The van der Waals surface area contributed by atoms with E-state index in [1.165, 1.54) is 0 Å². The molecule has 1 N–H and O–H groups in total. The van der Waals surface area contributed by atoms with Gasteiger partial charge < -0.3 is 15.0 Å². The largest absolute Gasteiger partial charge is 0.487 e. The molecular weight excluding hydrogens is 388 g/mol. The van der Waals surface area contributed by atoms with Crippen molar-refractivity contribution in [2.75, 3.05) is 11.4 Å². The second-order valence-corrected chi connectivity index (χ2v) is 8.96. The normalized spacial score (nSPS) is 18.6. The molecule has 31 heavy (non-hydrogen) atoms. The van der Waals surface area contributed by atoms with E-state index in [0.29, 0.717) is 19.4 Å². The number of hydrogen-bond acceptors (Lipinski definition) is 3. The standard InChI is InChI=1S/C26H26N2O3/c1-26(2)16-20(18-10-3-4-13-22(18)31-26)27-23(29)14-7-15-28-21-12-6-9-17-8-5-11-19(24(17)21)25(28)30/h3-6,8-13,20H,7,14-16H2,1-2H3,(H,27,29)/t20-/m1/s1. The molecule has 0 radical (unpaired) electrons. The third kappa shape index (κ3) is 3.54. The van der Waals surface area contributed by atoms with E-state index in [4.69, 9.17) is 4.74 Å². The monoisotopic (exact) mass is 414 g/mol. The zero-order valence-electron chi connectivity index (χ0n) is 17.9. The minimum Gasteiger partial charge on any atom is -0.487 e. The van der Waals surface area contributed by atoms with E-state index in [9.17, 15) is 9.59 Å². The van der Waals surface area contributed by atoms with Crippen molar-refractivity contribution in [3.63, 3.8) is 0 Å². The summed E-state index contributed by atoms with van der Waals surface area (Å²) in [5.74, 6) is 0.852. The average molecular weight is 415 g/mol. The number of ether oxygens (including phenoxy) is 1. The molecule has 1 atom stereocenters. The van der Waals surface area contributed by atoms with Crippen LogP contribution in [0.2, 0.25) is 0 Å². The highest BCUT2D eigenvalue weighted by Gasteiger charge is 2.34. The van der Waals surface area contributed by atoms with E-state index in [-0.39, 0.29) is 23.5 Å². The van der Waals surface area contributed by atoms with Crippen LogP contribution in [0.1, 0.15) is 55.1 Å². The van der Waals surface area contributed by atoms with Crippen molar-refractivity contribution in [2.24, 2.45) is 0 Å². The summed E-state index contributed by atoms with van der Waals surface area (Å²) < 4.78 is 6.05. The first-order valence-electron chi connectivity index (χ1n) is 10.8. The SMILES string of the molecule is CC1(C)C[C@@H](NC(=O)CCCN2C(=O)c3cccc4cccc2c34)c2ccccc2O1. The number of rotatable bonds is 5. The molecule has 0 saturated carbocycles. The summed E-state index contributed by atoms with van der Waals surface area (Å²) in [7, 11) is 0. The number of para-hydroxylation sites is 1. The van der Waals surface area contributed by atoms with Gasteiger partial charge in [0.15, 0.2) is 0 Å². The summed E-state index contributed by atoms with van der Waals surface area (Å²) in [5.41, 5.74) is 2.38. The molecule has 0 bridgehead atoms. The molecule has 0 aliphatic carbocycles. The summed E-state index contributed by atoms with van der Waals surface area (Å²) in [6.07, 6.45) is 1.70. The van der Waals surface area contributed by atoms with Gasteiger partial charge in [-0.2, -0.15) is 0 Å². The van der Waals surface area contributed by atoms with Gasteiger partial charge in [0.2, 0.25) is 5.91 Å². The third-order valence-electron chi connectivity index (χ3n) is 6.15. The van der Waals surface area contributed by atoms with Crippen LogP contribution in [0.3, 0.4) is 0 Å². The van der Waals surface area contributed by atoms with Gasteiger partial charge in [-0.25, -0.2) is 0 Å². The quantitative estimate of drug-likeness (QED) is 0.639. The van der Waals surface area contributed by atoms with Crippen molar-refractivity contribution < 1.29 is 14.3 Å². The molecule has 158 valence electrons. The van der Waals surface area contributed by atoms with Gasteiger partial charge in [0.25, 0.3) is 5.91 Å². The van der Waals surface area contributed by atoms with Gasteiger partial charge in [0.05, 0.1) is 11.7 Å².